The van der Waals surface area contributed by atoms with Crippen LogP contribution >= 0.6 is 0 Å². The second kappa shape index (κ2) is 10.9. The molecule has 0 spiro atoms. The second-order valence-electron chi connectivity index (χ2n) is 12.1. The average molecular weight is 583 g/mol. The summed E-state index contributed by atoms with van der Waals surface area (Å²) < 4.78 is 0. The van der Waals surface area contributed by atoms with E-state index in [4.69, 9.17) is 0 Å². The van der Waals surface area contributed by atoms with Crippen molar-refractivity contribution in [3.63, 3.8) is 0 Å². The van der Waals surface area contributed by atoms with Gasteiger partial charge in [0.05, 0.1) is 0 Å². The summed E-state index contributed by atoms with van der Waals surface area (Å²) in [4.78, 5) is 0. The molecule has 0 heteroatoms. The van der Waals surface area contributed by atoms with Gasteiger partial charge in [-0.1, -0.05) is 170 Å². The number of hydrogen-bond acceptors (Lipinski definition) is 0. The van der Waals surface area contributed by atoms with Crippen LogP contribution in [0.4, 0.5) is 0 Å². The lowest BCUT2D eigenvalue weighted by Crippen LogP contribution is -1.93. The number of hydrogen-bond donors (Lipinski definition) is 0. The summed E-state index contributed by atoms with van der Waals surface area (Å²) in [6.45, 7) is 0. The van der Waals surface area contributed by atoms with Gasteiger partial charge in [0.1, 0.15) is 0 Å². The molecule has 214 valence electrons. The zero-order valence-corrected chi connectivity index (χ0v) is 25.3. The van der Waals surface area contributed by atoms with Crippen LogP contribution in [0.3, 0.4) is 0 Å². The summed E-state index contributed by atoms with van der Waals surface area (Å²) in [5.41, 5.74) is 10.00. The molecule has 0 heterocycles. The van der Waals surface area contributed by atoms with Crippen molar-refractivity contribution in [1.29, 1.82) is 0 Å². The summed E-state index contributed by atoms with van der Waals surface area (Å²) >= 11 is 0. The Kier molecular flexibility index (Phi) is 6.25. The first kappa shape index (κ1) is 26.4. The fourth-order valence-electron chi connectivity index (χ4n) is 7.33. The van der Waals surface area contributed by atoms with E-state index in [1.165, 1.54) is 87.6 Å². The molecular weight excluding hydrogens is 553 g/mol. The summed E-state index contributed by atoms with van der Waals surface area (Å²) in [6.07, 6.45) is 0. The van der Waals surface area contributed by atoms with E-state index < -0.39 is 0 Å². The lowest BCUT2D eigenvalue weighted by Gasteiger charge is -2.20. The largest absolute Gasteiger partial charge is 0.0622 e. The molecule has 0 saturated heterocycles. The maximum atomic E-state index is 2.41. The Morgan fingerprint density at radius 3 is 1.50 bits per heavy atom. The third-order valence-electron chi connectivity index (χ3n) is 9.45. The van der Waals surface area contributed by atoms with Crippen molar-refractivity contribution in [2.75, 3.05) is 0 Å². The van der Waals surface area contributed by atoms with Crippen LogP contribution in [-0.2, 0) is 0 Å². The van der Waals surface area contributed by atoms with E-state index in [1.54, 1.807) is 0 Å². The van der Waals surface area contributed by atoms with Gasteiger partial charge in [-0.3, -0.25) is 0 Å². The zero-order valence-electron chi connectivity index (χ0n) is 25.3. The molecule has 0 unspecified atom stereocenters. The van der Waals surface area contributed by atoms with Crippen LogP contribution in [-0.4, -0.2) is 0 Å². The van der Waals surface area contributed by atoms with Crippen LogP contribution in [0.1, 0.15) is 0 Å². The molecule has 0 amide bonds. The summed E-state index contributed by atoms with van der Waals surface area (Å²) in [7, 11) is 0. The Labute approximate surface area is 268 Å². The van der Waals surface area contributed by atoms with Gasteiger partial charge in [-0.2, -0.15) is 0 Å². The van der Waals surface area contributed by atoms with Crippen molar-refractivity contribution in [1.82, 2.24) is 0 Å². The van der Waals surface area contributed by atoms with Crippen molar-refractivity contribution >= 4 is 43.1 Å². The van der Waals surface area contributed by atoms with E-state index in [1.807, 2.05) is 0 Å². The van der Waals surface area contributed by atoms with Gasteiger partial charge in [-0.25, -0.2) is 0 Å². The highest BCUT2D eigenvalue weighted by Gasteiger charge is 2.19. The maximum Gasteiger partial charge on any atom is -0.00199 e. The molecule has 0 bridgehead atoms. The van der Waals surface area contributed by atoms with Crippen molar-refractivity contribution in [2.45, 2.75) is 0 Å². The third kappa shape index (κ3) is 4.30. The minimum absolute atomic E-state index is 1.22. The van der Waals surface area contributed by atoms with Crippen LogP contribution in [0.15, 0.2) is 182 Å². The predicted molar refractivity (Wildman–Crippen MR) is 198 cm³/mol. The Hall–Kier alpha value is -5.98. The fraction of sp³-hybridized carbons (Fsp3) is 0. The fourth-order valence-corrected chi connectivity index (χ4v) is 7.33. The van der Waals surface area contributed by atoms with E-state index in [0.29, 0.717) is 0 Å². The van der Waals surface area contributed by atoms with Crippen LogP contribution in [0.5, 0.6) is 0 Å². The smallest absolute Gasteiger partial charge is 0.00199 e. The van der Waals surface area contributed by atoms with E-state index in [2.05, 4.69) is 182 Å². The van der Waals surface area contributed by atoms with Gasteiger partial charge in [0, 0.05) is 0 Å². The molecule has 0 aliphatic heterocycles. The van der Waals surface area contributed by atoms with Crippen LogP contribution in [0, 0.1) is 0 Å². The van der Waals surface area contributed by atoms with Crippen molar-refractivity contribution in [3.05, 3.63) is 182 Å². The number of rotatable bonds is 4. The zero-order chi connectivity index (χ0) is 30.5. The van der Waals surface area contributed by atoms with E-state index >= 15 is 0 Å². The van der Waals surface area contributed by atoms with E-state index in [-0.39, 0.29) is 0 Å². The number of benzene rings is 9. The molecule has 0 aromatic heterocycles. The molecule has 0 nitrogen and oxygen atoms in total. The lowest BCUT2D eigenvalue weighted by molar-refractivity contribution is 1.63. The topological polar surface area (TPSA) is 0 Å². The van der Waals surface area contributed by atoms with Crippen LogP contribution in [0.25, 0.3) is 87.6 Å². The quantitative estimate of drug-likeness (QED) is 0.181. The first-order valence-corrected chi connectivity index (χ1v) is 15.9. The minimum atomic E-state index is 1.22. The Bertz CT molecular complexity index is 2550. The molecule has 0 fully saturated rings. The standard InChI is InChI=1S/C46H30/c1-3-13-31(14-4-1)35-27-28-42-44(29-35)46(39-24-12-18-33-17-7-8-20-37(33)39)41-22-10-9-21-40(41)45(42)36-26-25-34-19-11-23-38(43(34)30-36)32-15-5-2-6-16-32/h1-30H. The Morgan fingerprint density at radius 1 is 0.217 bits per heavy atom. The number of fused-ring (bicyclic) bond motifs is 4. The lowest BCUT2D eigenvalue weighted by atomic mass is 9.83. The third-order valence-corrected chi connectivity index (χ3v) is 9.45. The first-order valence-electron chi connectivity index (χ1n) is 15.9. The molecule has 0 N–H and O–H groups in total. The Balaban J connectivity index is 1.41. The highest BCUT2D eigenvalue weighted by molar-refractivity contribution is 6.24. The van der Waals surface area contributed by atoms with Gasteiger partial charge in [0.15, 0.2) is 0 Å². The molecule has 0 atom stereocenters. The molecule has 0 aliphatic rings. The van der Waals surface area contributed by atoms with Gasteiger partial charge in [-0.15, -0.1) is 0 Å². The van der Waals surface area contributed by atoms with Crippen LogP contribution < -0.4 is 0 Å². The second-order valence-corrected chi connectivity index (χ2v) is 12.1. The summed E-state index contributed by atoms with van der Waals surface area (Å²) in [6, 6.07) is 66.6. The predicted octanol–water partition coefficient (Wildman–Crippen LogP) is 13.0. The van der Waals surface area contributed by atoms with Crippen molar-refractivity contribution in [3.8, 4) is 44.5 Å². The normalized spacial score (nSPS) is 11.5. The van der Waals surface area contributed by atoms with Crippen molar-refractivity contribution < 1.29 is 0 Å². The molecule has 46 heavy (non-hydrogen) atoms. The van der Waals surface area contributed by atoms with Gasteiger partial charge >= 0.3 is 0 Å². The maximum absolute atomic E-state index is 2.41. The van der Waals surface area contributed by atoms with Gasteiger partial charge in [0.25, 0.3) is 0 Å². The molecule has 9 aromatic carbocycles. The SMILES string of the molecule is c1ccc(-c2ccc3c(-c4ccc5cccc(-c6ccccc6)c5c4)c4ccccc4c(-c4cccc5ccccc45)c3c2)cc1. The summed E-state index contributed by atoms with van der Waals surface area (Å²) in [5.74, 6) is 0. The molecular formula is C46H30. The molecule has 0 radical (unpaired) electrons. The molecule has 0 saturated carbocycles. The Morgan fingerprint density at radius 2 is 0.739 bits per heavy atom. The van der Waals surface area contributed by atoms with Crippen molar-refractivity contribution in [2.24, 2.45) is 0 Å². The molecule has 0 aliphatic carbocycles. The van der Waals surface area contributed by atoms with Gasteiger partial charge in [0.2, 0.25) is 0 Å². The first-order chi connectivity index (χ1) is 22.8. The monoisotopic (exact) mass is 582 g/mol. The highest BCUT2D eigenvalue weighted by Crippen LogP contribution is 2.47. The summed E-state index contributed by atoms with van der Waals surface area (Å²) in [5, 5.41) is 10.1. The van der Waals surface area contributed by atoms with Gasteiger partial charge < -0.3 is 0 Å². The van der Waals surface area contributed by atoms with E-state index in [9.17, 15) is 0 Å². The minimum Gasteiger partial charge on any atom is -0.0622 e. The van der Waals surface area contributed by atoms with Gasteiger partial charge in [-0.05, 0) is 99.7 Å². The highest BCUT2D eigenvalue weighted by atomic mass is 14.2. The average Bonchev–Trinajstić information content (AvgIpc) is 3.13. The molecule has 9 rings (SSSR count). The van der Waals surface area contributed by atoms with Crippen LogP contribution in [0.2, 0.25) is 0 Å². The molecule has 9 aromatic rings. The van der Waals surface area contributed by atoms with E-state index in [0.717, 1.165) is 0 Å².